The molecule has 0 radical (unpaired) electrons. The molecule has 1 aliphatic heterocycles. The third-order valence-corrected chi connectivity index (χ3v) is 4.77. The summed E-state index contributed by atoms with van der Waals surface area (Å²) in [6.07, 6.45) is -0.367. The van der Waals surface area contributed by atoms with Gasteiger partial charge in [0.05, 0.1) is 25.8 Å². The molecule has 140 valence electrons. The monoisotopic (exact) mass is 414 g/mol. The van der Waals surface area contributed by atoms with Gasteiger partial charge >= 0.3 is 6.09 Å². The number of likely N-dealkylation sites (tertiary alicyclic amines) is 1. The summed E-state index contributed by atoms with van der Waals surface area (Å²) >= 11 is 3.56. The molecule has 2 rings (SSSR count). The molecular weight excluding hydrogens is 388 g/mol. The number of rotatable bonds is 5. The van der Waals surface area contributed by atoms with Crippen LogP contribution in [0.1, 0.15) is 26.3 Å². The Kier molecular flexibility index (Phi) is 6.71. The van der Waals surface area contributed by atoms with Gasteiger partial charge in [-0.3, -0.25) is 0 Å². The quantitative estimate of drug-likeness (QED) is 0.801. The molecule has 1 aromatic carbocycles. The summed E-state index contributed by atoms with van der Waals surface area (Å²) in [4.78, 5) is 14.0. The van der Waals surface area contributed by atoms with Crippen LogP contribution in [-0.2, 0) is 16.0 Å². The van der Waals surface area contributed by atoms with E-state index in [1.807, 2.05) is 39.0 Å². The fourth-order valence-electron chi connectivity index (χ4n) is 2.72. The zero-order valence-electron chi connectivity index (χ0n) is 15.5. The van der Waals surface area contributed by atoms with Gasteiger partial charge in [0.15, 0.2) is 0 Å². The minimum Gasteiger partial charge on any atom is -0.497 e. The van der Waals surface area contributed by atoms with Crippen LogP contribution in [0.5, 0.6) is 5.75 Å². The van der Waals surface area contributed by atoms with E-state index in [0.717, 1.165) is 15.8 Å². The number of nitrogens with one attached hydrogen (secondary N) is 1. The molecule has 1 amide bonds. The largest absolute Gasteiger partial charge is 0.497 e. The SMILES string of the molecule is COc1ccc(CNC2CN(C(=O)OC(C)(C)C)C[C@@H]2OC)c(Br)c1. The lowest BCUT2D eigenvalue weighted by molar-refractivity contribution is 0.0252. The molecule has 1 saturated heterocycles. The first-order chi connectivity index (χ1) is 11.7. The third-order valence-electron chi connectivity index (χ3n) is 4.04. The van der Waals surface area contributed by atoms with Crippen molar-refractivity contribution < 1.29 is 19.0 Å². The van der Waals surface area contributed by atoms with Gasteiger partial charge in [-0.25, -0.2) is 4.79 Å². The standard InChI is InChI=1S/C18H27BrN2O4/c1-18(2,3)25-17(22)21-10-15(16(11-21)24-5)20-9-12-6-7-13(23-4)8-14(12)19/h6-8,15-16,20H,9-11H2,1-5H3/t15?,16-/m0/s1. The molecule has 0 saturated carbocycles. The maximum Gasteiger partial charge on any atom is 0.410 e. The van der Waals surface area contributed by atoms with Crippen LogP contribution in [0.2, 0.25) is 0 Å². The highest BCUT2D eigenvalue weighted by Crippen LogP contribution is 2.24. The Bertz CT molecular complexity index is 603. The van der Waals surface area contributed by atoms with Crippen molar-refractivity contribution in [2.75, 3.05) is 27.3 Å². The number of ether oxygens (including phenoxy) is 3. The highest BCUT2D eigenvalue weighted by molar-refractivity contribution is 9.10. The molecule has 0 aromatic heterocycles. The van der Waals surface area contributed by atoms with E-state index in [4.69, 9.17) is 14.2 Å². The second-order valence-corrected chi connectivity index (χ2v) is 7.96. The lowest BCUT2D eigenvalue weighted by Crippen LogP contribution is -2.40. The van der Waals surface area contributed by atoms with Crippen LogP contribution in [0, 0.1) is 0 Å². The summed E-state index contributed by atoms with van der Waals surface area (Å²) in [6.45, 7) is 7.34. The minimum absolute atomic E-state index is 0.0477. The molecule has 1 unspecified atom stereocenters. The average Bonchev–Trinajstić information content (AvgIpc) is 2.95. The molecule has 0 spiro atoms. The van der Waals surface area contributed by atoms with Crippen LogP contribution >= 0.6 is 15.9 Å². The Morgan fingerprint density at radius 3 is 2.60 bits per heavy atom. The van der Waals surface area contributed by atoms with E-state index in [0.29, 0.717) is 19.6 Å². The number of halogens is 1. The molecular formula is C18H27BrN2O4. The molecule has 1 heterocycles. The van der Waals surface area contributed by atoms with E-state index in [9.17, 15) is 4.79 Å². The zero-order chi connectivity index (χ0) is 18.6. The Balaban J connectivity index is 1.96. The van der Waals surface area contributed by atoms with Gasteiger partial charge in [0.1, 0.15) is 11.4 Å². The van der Waals surface area contributed by atoms with Crippen LogP contribution < -0.4 is 10.1 Å². The fraction of sp³-hybridized carbons (Fsp3) is 0.611. The van der Waals surface area contributed by atoms with Crippen molar-refractivity contribution in [1.82, 2.24) is 10.2 Å². The van der Waals surface area contributed by atoms with Gasteiger partial charge in [0, 0.05) is 24.7 Å². The number of hydrogen-bond acceptors (Lipinski definition) is 5. The lowest BCUT2D eigenvalue weighted by atomic mass is 10.1. The summed E-state index contributed by atoms with van der Waals surface area (Å²) in [5.74, 6) is 0.808. The maximum atomic E-state index is 12.3. The Labute approximate surface area is 157 Å². The van der Waals surface area contributed by atoms with Crippen LogP contribution in [0.25, 0.3) is 0 Å². The predicted octanol–water partition coefficient (Wildman–Crippen LogP) is 3.18. The van der Waals surface area contributed by atoms with Crippen molar-refractivity contribution in [3.05, 3.63) is 28.2 Å². The molecule has 1 aromatic rings. The molecule has 1 N–H and O–H groups in total. The normalized spacial score (nSPS) is 20.6. The lowest BCUT2D eigenvalue weighted by Gasteiger charge is -2.24. The first-order valence-electron chi connectivity index (χ1n) is 8.30. The number of methoxy groups -OCH3 is 2. The molecule has 1 fully saturated rings. The number of nitrogens with zero attached hydrogens (tertiary/aromatic N) is 1. The summed E-state index contributed by atoms with van der Waals surface area (Å²) in [7, 11) is 3.31. The van der Waals surface area contributed by atoms with Gasteiger partial charge in [-0.05, 0) is 38.5 Å². The van der Waals surface area contributed by atoms with Crippen molar-refractivity contribution in [3.63, 3.8) is 0 Å². The van der Waals surface area contributed by atoms with Gasteiger partial charge in [0.2, 0.25) is 0 Å². The van der Waals surface area contributed by atoms with Crippen LogP contribution in [-0.4, -0.2) is 56.0 Å². The fourth-order valence-corrected chi connectivity index (χ4v) is 3.22. The van der Waals surface area contributed by atoms with E-state index >= 15 is 0 Å². The van der Waals surface area contributed by atoms with Crippen LogP contribution in [0.4, 0.5) is 4.79 Å². The van der Waals surface area contributed by atoms with E-state index < -0.39 is 5.60 Å². The third kappa shape index (κ3) is 5.59. The predicted molar refractivity (Wildman–Crippen MR) is 99.9 cm³/mol. The number of carbonyl (C=O) groups excluding carboxylic acids is 1. The van der Waals surface area contributed by atoms with E-state index in [1.165, 1.54) is 0 Å². The van der Waals surface area contributed by atoms with Gasteiger partial charge in [0.25, 0.3) is 0 Å². The van der Waals surface area contributed by atoms with Gasteiger partial charge in [-0.15, -0.1) is 0 Å². The van der Waals surface area contributed by atoms with E-state index in [1.54, 1.807) is 19.1 Å². The first kappa shape index (κ1) is 20.0. The Hall–Kier alpha value is -1.31. The van der Waals surface area contributed by atoms with Crippen molar-refractivity contribution in [1.29, 1.82) is 0 Å². The molecule has 1 aliphatic rings. The van der Waals surface area contributed by atoms with Crippen molar-refractivity contribution in [2.45, 2.75) is 45.1 Å². The highest BCUT2D eigenvalue weighted by atomic mass is 79.9. The highest BCUT2D eigenvalue weighted by Gasteiger charge is 2.37. The molecule has 7 heteroatoms. The summed E-state index contributed by atoms with van der Waals surface area (Å²) < 4.78 is 17.2. The van der Waals surface area contributed by atoms with E-state index in [-0.39, 0.29) is 18.2 Å². The van der Waals surface area contributed by atoms with Gasteiger partial charge in [-0.2, -0.15) is 0 Å². The molecule has 0 bridgehead atoms. The first-order valence-corrected chi connectivity index (χ1v) is 9.09. The number of amides is 1. The smallest absolute Gasteiger partial charge is 0.410 e. The van der Waals surface area contributed by atoms with Crippen molar-refractivity contribution >= 4 is 22.0 Å². The van der Waals surface area contributed by atoms with Crippen LogP contribution in [0.15, 0.2) is 22.7 Å². The minimum atomic E-state index is -0.501. The number of benzene rings is 1. The molecule has 6 nitrogen and oxygen atoms in total. The second kappa shape index (κ2) is 8.38. The van der Waals surface area contributed by atoms with E-state index in [2.05, 4.69) is 21.2 Å². The maximum absolute atomic E-state index is 12.3. The second-order valence-electron chi connectivity index (χ2n) is 7.10. The summed E-state index contributed by atoms with van der Waals surface area (Å²) in [5.41, 5.74) is 0.616. The summed E-state index contributed by atoms with van der Waals surface area (Å²) in [6, 6.07) is 5.92. The Morgan fingerprint density at radius 1 is 1.32 bits per heavy atom. The van der Waals surface area contributed by atoms with Gasteiger partial charge in [-0.1, -0.05) is 22.0 Å². The molecule has 25 heavy (non-hydrogen) atoms. The van der Waals surface area contributed by atoms with Crippen LogP contribution in [0.3, 0.4) is 0 Å². The number of hydrogen-bond donors (Lipinski definition) is 1. The number of carbonyl (C=O) groups is 1. The van der Waals surface area contributed by atoms with Gasteiger partial charge < -0.3 is 24.4 Å². The zero-order valence-corrected chi connectivity index (χ0v) is 17.1. The Morgan fingerprint density at radius 2 is 2.04 bits per heavy atom. The molecule has 2 atom stereocenters. The topological polar surface area (TPSA) is 60.0 Å². The average molecular weight is 415 g/mol. The van der Waals surface area contributed by atoms with Crippen molar-refractivity contribution in [2.24, 2.45) is 0 Å². The van der Waals surface area contributed by atoms with Crippen molar-refractivity contribution in [3.8, 4) is 5.75 Å². The molecule has 0 aliphatic carbocycles. The summed E-state index contributed by atoms with van der Waals surface area (Å²) in [5, 5.41) is 3.48.